The Morgan fingerprint density at radius 3 is 2.57 bits per heavy atom. The molecule has 1 atom stereocenters. The second kappa shape index (κ2) is 6.48. The summed E-state index contributed by atoms with van der Waals surface area (Å²) in [7, 11) is 0. The van der Waals surface area contributed by atoms with E-state index in [0.29, 0.717) is 5.06 Å². The van der Waals surface area contributed by atoms with Crippen molar-refractivity contribution in [1.29, 1.82) is 0 Å². The predicted octanol–water partition coefficient (Wildman–Crippen LogP) is 0.180. The second-order valence-electron chi connectivity index (χ2n) is 5.08. The molecule has 11 heteroatoms. The van der Waals surface area contributed by atoms with Crippen molar-refractivity contribution in [2.75, 3.05) is 11.3 Å². The van der Waals surface area contributed by atoms with E-state index in [1.54, 1.807) is 20.1 Å². The molecule has 2 heterocycles. The quantitative estimate of drug-likeness (QED) is 0.308. The van der Waals surface area contributed by atoms with Gasteiger partial charge in [0.15, 0.2) is 22.1 Å². The predicted molar refractivity (Wildman–Crippen MR) is 84.2 cm³/mol. The van der Waals surface area contributed by atoms with Crippen LogP contribution >= 0.6 is 11.8 Å². The second-order valence-corrected chi connectivity index (χ2v) is 5.85. The molecule has 2 amide bonds. The number of anilines is 1. The monoisotopic (exact) mass is 339 g/mol. The number of carbonyl (C=O) groups is 2. The Kier molecular flexibility index (Phi) is 4.82. The van der Waals surface area contributed by atoms with Crippen molar-refractivity contribution in [1.82, 2.24) is 19.5 Å². The summed E-state index contributed by atoms with van der Waals surface area (Å²) in [5.41, 5.74) is 11.2. The number of nitrogens with two attached hydrogens (primary N) is 2. The van der Waals surface area contributed by atoms with Gasteiger partial charge in [0, 0.05) is 0 Å². The first-order chi connectivity index (χ1) is 10.8. The molecule has 2 aromatic heterocycles. The van der Waals surface area contributed by atoms with Crippen molar-refractivity contribution in [3.05, 3.63) is 6.33 Å². The van der Waals surface area contributed by atoms with E-state index < -0.39 is 18.0 Å². The van der Waals surface area contributed by atoms with E-state index in [-0.39, 0.29) is 28.1 Å². The number of hydrogen-bond acceptors (Lipinski definition) is 8. The maximum atomic E-state index is 12.2. The van der Waals surface area contributed by atoms with Crippen LogP contribution in [0.1, 0.15) is 13.8 Å². The molecule has 0 aliphatic heterocycles. The number of hydrogen-bond donors (Lipinski definition) is 3. The summed E-state index contributed by atoms with van der Waals surface area (Å²) in [5, 5.41) is 10.8. The molecule has 2 aromatic rings. The first kappa shape index (κ1) is 17.1. The molecule has 10 nitrogen and oxygen atoms in total. The fraction of sp³-hybridized carbons (Fsp3) is 0.417. The average Bonchev–Trinajstić information content (AvgIpc) is 2.95. The van der Waals surface area contributed by atoms with Crippen LogP contribution in [0.15, 0.2) is 11.5 Å². The first-order valence-electron chi connectivity index (χ1n) is 6.65. The SMILES string of the molecule is CSc1nc(N(O)C(=O)[C@@H](N)C(C)C)c2ncn(C(N)=O)c2n1. The summed E-state index contributed by atoms with van der Waals surface area (Å²) in [6, 6.07) is -1.71. The van der Waals surface area contributed by atoms with Crippen LogP contribution in [-0.2, 0) is 4.79 Å². The zero-order valence-electron chi connectivity index (χ0n) is 12.8. The summed E-state index contributed by atoms with van der Waals surface area (Å²) in [4.78, 5) is 35.8. The fourth-order valence-electron chi connectivity index (χ4n) is 1.80. The Labute approximate surface area is 135 Å². The third-order valence-corrected chi connectivity index (χ3v) is 3.74. The standard InChI is InChI=1S/C12H17N7O3S/c1-5(2)6(13)10(20)19(22)9-7-8(16-12(17-9)23-3)18(4-15-7)11(14)21/h4-6,22H,13H2,1-3H3,(H2,14,21)/t6-/m0/s1. The molecule has 0 unspecified atom stereocenters. The van der Waals surface area contributed by atoms with Crippen molar-refractivity contribution in [2.24, 2.45) is 17.4 Å². The number of primary amides is 1. The number of amides is 2. The molecule has 0 spiro atoms. The lowest BCUT2D eigenvalue weighted by Crippen LogP contribution is -2.45. The van der Waals surface area contributed by atoms with Gasteiger partial charge in [0.1, 0.15) is 6.33 Å². The van der Waals surface area contributed by atoms with E-state index in [2.05, 4.69) is 15.0 Å². The summed E-state index contributed by atoms with van der Waals surface area (Å²) in [5.74, 6) is -1.07. The zero-order valence-corrected chi connectivity index (χ0v) is 13.6. The average molecular weight is 339 g/mol. The molecule has 0 aromatic carbocycles. The molecule has 0 fully saturated rings. The number of aromatic nitrogens is 4. The number of imidazole rings is 1. The van der Waals surface area contributed by atoms with Gasteiger partial charge < -0.3 is 11.5 Å². The largest absolute Gasteiger partial charge is 0.351 e. The minimum atomic E-state index is -0.916. The number of thioether (sulfide) groups is 1. The fourth-order valence-corrected chi connectivity index (χ4v) is 2.15. The normalized spacial score (nSPS) is 12.6. The topological polar surface area (TPSA) is 153 Å². The van der Waals surface area contributed by atoms with Gasteiger partial charge in [0.25, 0.3) is 5.91 Å². The van der Waals surface area contributed by atoms with E-state index in [1.165, 1.54) is 11.8 Å². The van der Waals surface area contributed by atoms with Crippen LogP contribution < -0.4 is 16.5 Å². The number of fused-ring (bicyclic) bond motifs is 1. The zero-order chi connectivity index (χ0) is 17.3. The lowest BCUT2D eigenvalue weighted by Gasteiger charge is -2.21. The van der Waals surface area contributed by atoms with Crippen LogP contribution in [0.5, 0.6) is 0 Å². The summed E-state index contributed by atoms with van der Waals surface area (Å²) in [6.45, 7) is 3.50. The Bertz CT molecular complexity index is 760. The summed E-state index contributed by atoms with van der Waals surface area (Å²) >= 11 is 1.17. The minimum absolute atomic E-state index is 0.0633. The Balaban J connectivity index is 2.59. The van der Waals surface area contributed by atoms with Gasteiger partial charge >= 0.3 is 6.03 Å². The number of hydroxylamine groups is 1. The highest BCUT2D eigenvalue weighted by atomic mass is 32.2. The molecule has 0 saturated carbocycles. The number of carbonyl (C=O) groups excluding carboxylic acids is 2. The lowest BCUT2D eigenvalue weighted by atomic mass is 10.1. The van der Waals surface area contributed by atoms with Gasteiger partial charge in [-0.2, -0.15) is 10.0 Å². The molecule has 124 valence electrons. The summed E-state index contributed by atoms with van der Waals surface area (Å²) in [6.07, 6.45) is 2.86. The van der Waals surface area contributed by atoms with Crippen LogP contribution in [0.4, 0.5) is 10.6 Å². The van der Waals surface area contributed by atoms with Gasteiger partial charge in [0.05, 0.1) is 6.04 Å². The highest BCUT2D eigenvalue weighted by Gasteiger charge is 2.28. The van der Waals surface area contributed by atoms with Crippen molar-refractivity contribution >= 4 is 40.7 Å². The molecule has 0 aliphatic carbocycles. The van der Waals surface area contributed by atoms with Crippen LogP contribution in [0, 0.1) is 5.92 Å². The number of rotatable bonds is 4. The van der Waals surface area contributed by atoms with Gasteiger partial charge in [0.2, 0.25) is 0 Å². The van der Waals surface area contributed by atoms with Crippen molar-refractivity contribution in [3.63, 3.8) is 0 Å². The van der Waals surface area contributed by atoms with Gasteiger partial charge in [-0.1, -0.05) is 25.6 Å². The van der Waals surface area contributed by atoms with Crippen LogP contribution in [-0.4, -0.2) is 49.0 Å². The maximum Gasteiger partial charge on any atom is 0.325 e. The molecule has 2 rings (SSSR count). The molecular weight excluding hydrogens is 322 g/mol. The molecule has 5 N–H and O–H groups in total. The maximum absolute atomic E-state index is 12.2. The van der Waals surface area contributed by atoms with Gasteiger partial charge in [-0.3, -0.25) is 10.0 Å². The van der Waals surface area contributed by atoms with Crippen molar-refractivity contribution in [2.45, 2.75) is 25.0 Å². The molecule has 0 bridgehead atoms. The van der Waals surface area contributed by atoms with Gasteiger partial charge in [-0.05, 0) is 12.2 Å². The smallest absolute Gasteiger partial charge is 0.325 e. The van der Waals surface area contributed by atoms with E-state index in [1.807, 2.05) is 0 Å². The van der Waals surface area contributed by atoms with E-state index in [0.717, 1.165) is 10.9 Å². The van der Waals surface area contributed by atoms with Crippen molar-refractivity contribution in [3.8, 4) is 0 Å². The van der Waals surface area contributed by atoms with Crippen LogP contribution in [0.2, 0.25) is 0 Å². The first-order valence-corrected chi connectivity index (χ1v) is 7.87. The third kappa shape index (κ3) is 3.11. The highest BCUT2D eigenvalue weighted by molar-refractivity contribution is 7.98. The number of nitrogens with zero attached hydrogens (tertiary/aromatic N) is 5. The summed E-state index contributed by atoms with van der Waals surface area (Å²) < 4.78 is 1.00. The molecular formula is C12H17N7O3S. The molecule has 0 saturated heterocycles. The van der Waals surface area contributed by atoms with E-state index >= 15 is 0 Å². The van der Waals surface area contributed by atoms with Crippen LogP contribution in [0.25, 0.3) is 11.2 Å². The van der Waals surface area contributed by atoms with E-state index in [4.69, 9.17) is 11.5 Å². The molecule has 0 radical (unpaired) electrons. The Hall–Kier alpha value is -2.24. The lowest BCUT2D eigenvalue weighted by molar-refractivity contribution is -0.125. The minimum Gasteiger partial charge on any atom is -0.351 e. The molecule has 0 aliphatic rings. The third-order valence-electron chi connectivity index (χ3n) is 3.19. The van der Waals surface area contributed by atoms with E-state index in [9.17, 15) is 14.8 Å². The van der Waals surface area contributed by atoms with Crippen molar-refractivity contribution < 1.29 is 14.8 Å². The van der Waals surface area contributed by atoms with Gasteiger partial charge in [-0.25, -0.2) is 19.3 Å². The molecule has 23 heavy (non-hydrogen) atoms. The Morgan fingerprint density at radius 1 is 1.39 bits per heavy atom. The van der Waals surface area contributed by atoms with Gasteiger partial charge in [-0.15, -0.1) is 0 Å². The highest BCUT2D eigenvalue weighted by Crippen LogP contribution is 2.25. The van der Waals surface area contributed by atoms with Crippen LogP contribution in [0.3, 0.4) is 0 Å². The Morgan fingerprint density at radius 2 is 2.04 bits per heavy atom.